The van der Waals surface area contributed by atoms with Crippen LogP contribution in [0.2, 0.25) is 0 Å². The van der Waals surface area contributed by atoms with Gasteiger partial charge in [0.2, 0.25) is 5.91 Å². The average Bonchev–Trinajstić information content (AvgIpc) is 3.48. The number of rotatable bonds is 5. The fourth-order valence-electron chi connectivity index (χ4n) is 3.10. The molecule has 1 aromatic heterocycles. The fourth-order valence-corrected chi connectivity index (χ4v) is 3.10. The number of nitrogens with zero attached hydrogens (tertiary/aromatic N) is 3. The zero-order valence-corrected chi connectivity index (χ0v) is 14.4. The summed E-state index contributed by atoms with van der Waals surface area (Å²) in [5, 5.41) is 0.249. The van der Waals surface area contributed by atoms with Crippen LogP contribution in [0.3, 0.4) is 0 Å². The second-order valence-electron chi connectivity index (χ2n) is 6.68. The first-order chi connectivity index (χ1) is 13.0. The Bertz CT molecular complexity index is 1080. The summed E-state index contributed by atoms with van der Waals surface area (Å²) in [6, 6.07) is 10.1. The molecule has 0 saturated heterocycles. The minimum atomic E-state index is -0.479. The molecule has 1 heterocycles. The maximum atomic E-state index is 14.0. The van der Waals surface area contributed by atoms with E-state index >= 15 is 0 Å². The molecule has 0 radical (unpaired) electrons. The maximum Gasteiger partial charge on any atom is 0.261 e. The van der Waals surface area contributed by atoms with Gasteiger partial charge in [-0.05, 0) is 31.0 Å². The van der Waals surface area contributed by atoms with Crippen molar-refractivity contribution in [3.63, 3.8) is 0 Å². The third kappa shape index (κ3) is 3.58. The lowest BCUT2D eigenvalue weighted by Gasteiger charge is -2.23. The van der Waals surface area contributed by atoms with Crippen molar-refractivity contribution in [3.8, 4) is 0 Å². The van der Waals surface area contributed by atoms with Crippen molar-refractivity contribution in [2.45, 2.75) is 32.0 Å². The minimum absolute atomic E-state index is 0.0651. The summed E-state index contributed by atoms with van der Waals surface area (Å²) in [6.07, 6.45) is 2.98. The van der Waals surface area contributed by atoms with Crippen LogP contribution in [-0.4, -0.2) is 26.4 Å². The molecule has 0 unspecified atom stereocenters. The van der Waals surface area contributed by atoms with E-state index in [0.717, 1.165) is 12.8 Å². The monoisotopic (exact) mass is 369 g/mol. The van der Waals surface area contributed by atoms with Gasteiger partial charge in [-0.3, -0.25) is 14.2 Å². The van der Waals surface area contributed by atoms with Gasteiger partial charge in [-0.2, -0.15) is 0 Å². The van der Waals surface area contributed by atoms with E-state index in [1.807, 2.05) is 0 Å². The summed E-state index contributed by atoms with van der Waals surface area (Å²) in [6.45, 7) is -0.0265. The quantitative estimate of drug-likeness (QED) is 0.695. The van der Waals surface area contributed by atoms with Crippen molar-refractivity contribution < 1.29 is 13.6 Å². The summed E-state index contributed by atoms with van der Waals surface area (Å²) >= 11 is 0. The first-order valence-corrected chi connectivity index (χ1v) is 8.70. The summed E-state index contributed by atoms with van der Waals surface area (Å²) in [5.41, 5.74) is 0.279. The number of aromatic nitrogens is 2. The highest BCUT2D eigenvalue weighted by atomic mass is 19.1. The largest absolute Gasteiger partial charge is 0.334 e. The molecule has 1 fully saturated rings. The number of carbonyl (C=O) groups is 1. The summed E-state index contributed by atoms with van der Waals surface area (Å²) in [5.74, 6) is -1.11. The van der Waals surface area contributed by atoms with Gasteiger partial charge in [-0.15, -0.1) is 0 Å². The predicted octanol–water partition coefficient (Wildman–Crippen LogP) is 2.87. The normalized spacial score (nSPS) is 13.7. The maximum absolute atomic E-state index is 14.0. The Morgan fingerprint density at radius 1 is 1.19 bits per heavy atom. The van der Waals surface area contributed by atoms with Crippen molar-refractivity contribution in [3.05, 3.63) is 76.3 Å². The van der Waals surface area contributed by atoms with Crippen LogP contribution in [0.15, 0.2) is 53.6 Å². The van der Waals surface area contributed by atoms with Crippen molar-refractivity contribution in [2.75, 3.05) is 0 Å². The van der Waals surface area contributed by atoms with E-state index in [0.29, 0.717) is 5.56 Å². The SMILES string of the molecule is O=C(Cn1cnc2cc(F)ccc2c1=O)N(Cc1ccccc1F)C1CC1. The van der Waals surface area contributed by atoms with Crippen molar-refractivity contribution >= 4 is 16.8 Å². The third-order valence-corrected chi connectivity index (χ3v) is 4.70. The lowest BCUT2D eigenvalue weighted by atomic mass is 10.2. The molecular weight excluding hydrogens is 352 g/mol. The minimum Gasteiger partial charge on any atom is -0.334 e. The molecular formula is C20H17F2N3O2. The molecule has 4 rings (SSSR count). The Kier molecular flexibility index (Phi) is 4.43. The Labute approximate surface area is 153 Å². The number of amides is 1. The third-order valence-electron chi connectivity index (χ3n) is 4.70. The molecule has 138 valence electrons. The molecule has 0 atom stereocenters. The van der Waals surface area contributed by atoms with Crippen molar-refractivity contribution in [1.82, 2.24) is 14.5 Å². The Morgan fingerprint density at radius 2 is 1.96 bits per heavy atom. The van der Waals surface area contributed by atoms with Gasteiger partial charge in [0.05, 0.1) is 17.2 Å². The lowest BCUT2D eigenvalue weighted by Crippen LogP contribution is -2.37. The van der Waals surface area contributed by atoms with Gasteiger partial charge in [0.1, 0.15) is 18.2 Å². The highest BCUT2D eigenvalue weighted by Crippen LogP contribution is 2.29. The van der Waals surface area contributed by atoms with Crippen LogP contribution in [0.1, 0.15) is 18.4 Å². The molecule has 0 bridgehead atoms. The molecule has 27 heavy (non-hydrogen) atoms. The fraction of sp³-hybridized carbons (Fsp3) is 0.250. The van der Waals surface area contributed by atoms with Crippen molar-refractivity contribution in [1.29, 1.82) is 0 Å². The smallest absolute Gasteiger partial charge is 0.261 e. The number of halogens is 2. The Morgan fingerprint density at radius 3 is 2.70 bits per heavy atom. The van der Waals surface area contributed by atoms with Crippen LogP contribution in [0, 0.1) is 11.6 Å². The van der Waals surface area contributed by atoms with Gasteiger partial charge >= 0.3 is 0 Å². The van der Waals surface area contributed by atoms with E-state index < -0.39 is 11.4 Å². The molecule has 1 saturated carbocycles. The predicted molar refractivity (Wildman–Crippen MR) is 95.9 cm³/mol. The molecule has 0 N–H and O–H groups in total. The van der Waals surface area contributed by atoms with Gasteiger partial charge < -0.3 is 4.90 Å². The number of fused-ring (bicyclic) bond motifs is 1. The Balaban J connectivity index is 1.59. The molecule has 0 spiro atoms. The van der Waals surface area contributed by atoms with E-state index in [-0.39, 0.29) is 41.8 Å². The average molecular weight is 369 g/mol. The number of hydrogen-bond donors (Lipinski definition) is 0. The molecule has 1 amide bonds. The lowest BCUT2D eigenvalue weighted by molar-refractivity contribution is -0.133. The number of benzene rings is 2. The summed E-state index contributed by atoms with van der Waals surface area (Å²) < 4.78 is 28.4. The zero-order valence-electron chi connectivity index (χ0n) is 14.4. The molecule has 1 aliphatic carbocycles. The topological polar surface area (TPSA) is 55.2 Å². The second kappa shape index (κ2) is 6.90. The van der Waals surface area contributed by atoms with Gasteiger partial charge in [0.15, 0.2) is 0 Å². The van der Waals surface area contributed by atoms with E-state index in [1.165, 1.54) is 35.2 Å². The Hall–Kier alpha value is -3.09. The van der Waals surface area contributed by atoms with Crippen LogP contribution in [0.5, 0.6) is 0 Å². The van der Waals surface area contributed by atoms with Crippen LogP contribution < -0.4 is 5.56 Å². The molecule has 3 aromatic rings. The second-order valence-corrected chi connectivity index (χ2v) is 6.68. The van der Waals surface area contributed by atoms with Gasteiger partial charge in [0.25, 0.3) is 5.56 Å². The van der Waals surface area contributed by atoms with E-state index in [9.17, 15) is 18.4 Å². The van der Waals surface area contributed by atoms with E-state index in [1.54, 1.807) is 23.1 Å². The van der Waals surface area contributed by atoms with E-state index in [2.05, 4.69) is 4.98 Å². The molecule has 7 heteroatoms. The van der Waals surface area contributed by atoms with Gasteiger partial charge in [0, 0.05) is 24.2 Å². The zero-order chi connectivity index (χ0) is 19.0. The van der Waals surface area contributed by atoms with Gasteiger partial charge in [-0.1, -0.05) is 18.2 Å². The van der Waals surface area contributed by atoms with Crippen LogP contribution in [-0.2, 0) is 17.9 Å². The highest BCUT2D eigenvalue weighted by molar-refractivity contribution is 5.79. The number of hydrogen-bond acceptors (Lipinski definition) is 3. The number of carbonyl (C=O) groups excluding carboxylic acids is 1. The molecule has 2 aromatic carbocycles. The van der Waals surface area contributed by atoms with Crippen molar-refractivity contribution in [2.24, 2.45) is 0 Å². The summed E-state index contributed by atoms with van der Waals surface area (Å²) in [4.78, 5) is 31.1. The highest BCUT2D eigenvalue weighted by Gasteiger charge is 2.33. The molecule has 0 aliphatic heterocycles. The summed E-state index contributed by atoms with van der Waals surface area (Å²) in [7, 11) is 0. The standard InChI is InChI=1S/C20H17F2N3O2/c21-14-5-8-16-18(9-14)23-12-24(20(16)27)11-19(26)25(15-6-7-15)10-13-3-1-2-4-17(13)22/h1-5,8-9,12,15H,6-7,10-11H2. The van der Waals surface area contributed by atoms with Crippen LogP contribution >= 0.6 is 0 Å². The van der Waals surface area contributed by atoms with Crippen LogP contribution in [0.4, 0.5) is 8.78 Å². The molecule has 1 aliphatic rings. The van der Waals surface area contributed by atoms with Crippen LogP contribution in [0.25, 0.3) is 10.9 Å². The van der Waals surface area contributed by atoms with E-state index in [4.69, 9.17) is 0 Å². The van der Waals surface area contributed by atoms with Gasteiger partial charge in [-0.25, -0.2) is 13.8 Å². The first-order valence-electron chi connectivity index (χ1n) is 8.70. The molecule has 5 nitrogen and oxygen atoms in total. The first kappa shape index (κ1) is 17.3.